The third kappa shape index (κ3) is 3.49. The van der Waals surface area contributed by atoms with Crippen LogP contribution in [0.2, 0.25) is 5.02 Å². The van der Waals surface area contributed by atoms with Crippen molar-refractivity contribution in [3.8, 4) is 0 Å². The van der Waals surface area contributed by atoms with Crippen LogP contribution in [-0.4, -0.2) is 36.1 Å². The molecule has 5 nitrogen and oxygen atoms in total. The Kier molecular flexibility index (Phi) is 4.75. The predicted molar refractivity (Wildman–Crippen MR) is 81.7 cm³/mol. The lowest BCUT2D eigenvalue weighted by Crippen LogP contribution is -2.30. The largest absolute Gasteiger partial charge is 0.465 e. The molecule has 0 amide bonds. The van der Waals surface area contributed by atoms with Gasteiger partial charge in [0.1, 0.15) is 10.7 Å². The van der Waals surface area contributed by atoms with E-state index in [1.54, 1.807) is 6.08 Å². The van der Waals surface area contributed by atoms with Crippen molar-refractivity contribution in [2.24, 2.45) is 0 Å². The van der Waals surface area contributed by atoms with Crippen molar-refractivity contribution in [1.82, 2.24) is 9.47 Å². The molecule has 2 rings (SSSR count). The van der Waals surface area contributed by atoms with Crippen LogP contribution in [0.4, 0.5) is 0 Å². The van der Waals surface area contributed by atoms with Crippen molar-refractivity contribution in [3.63, 3.8) is 0 Å². The van der Waals surface area contributed by atoms with Crippen molar-refractivity contribution in [2.45, 2.75) is 6.54 Å². The summed E-state index contributed by atoms with van der Waals surface area (Å²) in [5, 5.41) is 0.931. The second kappa shape index (κ2) is 6.37. The Bertz CT molecular complexity index is 692. The van der Waals surface area contributed by atoms with Gasteiger partial charge >= 0.3 is 5.97 Å². The van der Waals surface area contributed by atoms with Crippen LogP contribution in [0.3, 0.4) is 0 Å². The lowest BCUT2D eigenvalue weighted by molar-refractivity contribution is 0.0598. The van der Waals surface area contributed by atoms with E-state index in [1.165, 1.54) is 23.9 Å². The summed E-state index contributed by atoms with van der Waals surface area (Å²) >= 11 is 11.9. The number of esters is 1. The molecular formula is C14H14Cl2N2O3. The average molecular weight is 329 g/mol. The molecule has 0 unspecified atom stereocenters. The topological polar surface area (TPSA) is 51.5 Å². The summed E-state index contributed by atoms with van der Waals surface area (Å²) in [7, 11) is 3.07. The summed E-state index contributed by atoms with van der Waals surface area (Å²) in [5.41, 5.74) is 0.459. The van der Waals surface area contributed by atoms with Gasteiger partial charge in [-0.3, -0.25) is 4.79 Å². The van der Waals surface area contributed by atoms with E-state index in [0.717, 1.165) is 5.57 Å². The Labute approximate surface area is 132 Å². The van der Waals surface area contributed by atoms with E-state index in [1.807, 2.05) is 18.0 Å². The van der Waals surface area contributed by atoms with E-state index in [-0.39, 0.29) is 5.56 Å². The van der Waals surface area contributed by atoms with Crippen LogP contribution < -0.4 is 5.56 Å². The number of carbonyl (C=O) groups excluding carboxylic acids is 1. The highest BCUT2D eigenvalue weighted by atomic mass is 35.5. The van der Waals surface area contributed by atoms with Gasteiger partial charge in [0.25, 0.3) is 5.56 Å². The molecule has 0 saturated heterocycles. The number of rotatable bonds is 3. The first-order chi connectivity index (χ1) is 9.92. The minimum Gasteiger partial charge on any atom is -0.465 e. The molecule has 21 heavy (non-hydrogen) atoms. The highest BCUT2D eigenvalue weighted by Gasteiger charge is 2.16. The summed E-state index contributed by atoms with van der Waals surface area (Å²) < 4.78 is 5.98. The minimum atomic E-state index is -0.700. The van der Waals surface area contributed by atoms with Crippen molar-refractivity contribution >= 4 is 29.2 Å². The number of halogens is 2. The summed E-state index contributed by atoms with van der Waals surface area (Å²) in [6.45, 7) is 0.927. The van der Waals surface area contributed by atoms with Gasteiger partial charge in [0.15, 0.2) is 0 Å². The fourth-order valence-corrected chi connectivity index (χ4v) is 2.39. The van der Waals surface area contributed by atoms with E-state index in [0.29, 0.717) is 23.3 Å². The molecule has 1 aromatic rings. The van der Waals surface area contributed by atoms with Gasteiger partial charge in [-0.2, -0.15) is 0 Å². The standard InChI is InChI=1S/C14H14Cl2N2O3/c1-17-6-9(3-4-12(17)16)7-18-8-10(15)5-11(13(18)19)14(20)21-2/h3-5,8H,6-7H2,1-2H3. The molecule has 0 fully saturated rings. The molecular weight excluding hydrogens is 315 g/mol. The zero-order valence-corrected chi connectivity index (χ0v) is 13.1. The first-order valence-electron chi connectivity index (χ1n) is 6.17. The van der Waals surface area contributed by atoms with E-state index in [4.69, 9.17) is 23.2 Å². The number of methoxy groups -OCH3 is 1. The Hall–Kier alpha value is -1.72. The Morgan fingerprint density at radius 2 is 2.10 bits per heavy atom. The number of likely N-dealkylation sites (N-methyl/N-ethyl adjacent to an activating group) is 1. The number of nitrogens with zero attached hydrogens (tertiary/aromatic N) is 2. The van der Waals surface area contributed by atoms with Crippen LogP contribution in [0, 0.1) is 0 Å². The van der Waals surface area contributed by atoms with E-state index >= 15 is 0 Å². The normalized spacial score (nSPS) is 14.6. The zero-order valence-electron chi connectivity index (χ0n) is 11.6. The van der Waals surface area contributed by atoms with Crippen LogP contribution >= 0.6 is 23.2 Å². The van der Waals surface area contributed by atoms with Crippen LogP contribution in [0.25, 0.3) is 0 Å². The molecule has 0 radical (unpaired) electrons. The molecule has 0 atom stereocenters. The maximum absolute atomic E-state index is 12.3. The Balaban J connectivity index is 2.35. The molecule has 1 aromatic heterocycles. The van der Waals surface area contributed by atoms with Gasteiger partial charge in [-0.05, 0) is 17.7 Å². The summed E-state index contributed by atoms with van der Waals surface area (Å²) in [4.78, 5) is 25.7. The predicted octanol–water partition coefficient (Wildman–Crippen LogP) is 2.24. The van der Waals surface area contributed by atoms with Crippen LogP contribution in [0.5, 0.6) is 0 Å². The highest BCUT2D eigenvalue weighted by Crippen LogP contribution is 2.17. The minimum absolute atomic E-state index is 0.0802. The lowest BCUT2D eigenvalue weighted by atomic mass is 10.2. The molecule has 112 valence electrons. The molecule has 2 heterocycles. The highest BCUT2D eigenvalue weighted by molar-refractivity contribution is 6.30. The second-order valence-corrected chi connectivity index (χ2v) is 5.49. The van der Waals surface area contributed by atoms with Crippen molar-refractivity contribution in [2.75, 3.05) is 20.7 Å². The van der Waals surface area contributed by atoms with Gasteiger partial charge in [-0.1, -0.05) is 29.3 Å². The van der Waals surface area contributed by atoms with E-state index < -0.39 is 11.5 Å². The van der Waals surface area contributed by atoms with Gasteiger partial charge < -0.3 is 14.2 Å². The maximum Gasteiger partial charge on any atom is 0.343 e. The summed E-state index contributed by atoms with van der Waals surface area (Å²) in [5.74, 6) is -0.700. The third-order valence-electron chi connectivity index (χ3n) is 3.09. The first-order valence-corrected chi connectivity index (χ1v) is 6.92. The number of aromatic nitrogens is 1. The molecule has 0 aliphatic carbocycles. The molecule has 0 spiro atoms. The quantitative estimate of drug-likeness (QED) is 0.630. The number of ether oxygens (including phenoxy) is 1. The SMILES string of the molecule is COC(=O)c1cc(Cl)cn(CC2=CC=C(Cl)N(C)C2)c1=O. The number of carbonyl (C=O) groups is 1. The summed E-state index contributed by atoms with van der Waals surface area (Å²) in [6.07, 6.45) is 5.11. The fraction of sp³-hybridized carbons (Fsp3) is 0.286. The van der Waals surface area contributed by atoms with Crippen molar-refractivity contribution in [3.05, 3.63) is 56.1 Å². The van der Waals surface area contributed by atoms with Crippen LogP contribution in [-0.2, 0) is 11.3 Å². The van der Waals surface area contributed by atoms with E-state index in [9.17, 15) is 9.59 Å². The number of hydrogen-bond donors (Lipinski definition) is 0. The Morgan fingerprint density at radius 1 is 1.38 bits per heavy atom. The monoisotopic (exact) mass is 328 g/mol. The van der Waals surface area contributed by atoms with Crippen LogP contribution in [0.1, 0.15) is 10.4 Å². The zero-order chi connectivity index (χ0) is 15.6. The van der Waals surface area contributed by atoms with Gasteiger partial charge in [0.05, 0.1) is 12.1 Å². The van der Waals surface area contributed by atoms with Gasteiger partial charge in [-0.25, -0.2) is 4.79 Å². The smallest absolute Gasteiger partial charge is 0.343 e. The molecule has 1 aliphatic heterocycles. The molecule has 7 heteroatoms. The number of allylic oxidation sites excluding steroid dienone is 2. The average Bonchev–Trinajstić information content (AvgIpc) is 2.45. The van der Waals surface area contributed by atoms with Gasteiger partial charge in [-0.15, -0.1) is 0 Å². The molecule has 1 aliphatic rings. The fourth-order valence-electron chi connectivity index (χ4n) is 2.04. The molecule has 0 aromatic carbocycles. The van der Waals surface area contributed by atoms with Crippen LogP contribution in [0.15, 0.2) is 39.9 Å². The van der Waals surface area contributed by atoms with E-state index in [2.05, 4.69) is 4.74 Å². The number of pyridine rings is 1. The van der Waals surface area contributed by atoms with Gasteiger partial charge in [0, 0.05) is 26.3 Å². The Morgan fingerprint density at radius 3 is 2.71 bits per heavy atom. The second-order valence-electron chi connectivity index (χ2n) is 4.67. The third-order valence-corrected chi connectivity index (χ3v) is 3.71. The summed E-state index contributed by atoms with van der Waals surface area (Å²) in [6, 6.07) is 1.31. The number of hydrogen-bond acceptors (Lipinski definition) is 4. The molecule has 0 N–H and O–H groups in total. The molecule has 0 saturated carbocycles. The van der Waals surface area contributed by atoms with Crippen molar-refractivity contribution in [1.29, 1.82) is 0 Å². The maximum atomic E-state index is 12.3. The molecule has 0 bridgehead atoms. The first kappa shape index (κ1) is 15.7. The van der Waals surface area contributed by atoms with Gasteiger partial charge in [0.2, 0.25) is 0 Å². The van der Waals surface area contributed by atoms with Crippen molar-refractivity contribution < 1.29 is 9.53 Å². The lowest BCUT2D eigenvalue weighted by Gasteiger charge is -2.23.